The molecule has 2 aliphatic rings. The predicted molar refractivity (Wildman–Crippen MR) is 59.2 cm³/mol. The van der Waals surface area contributed by atoms with E-state index in [2.05, 4.69) is 9.47 Å². The number of alkyl halides is 4. The first-order valence-electron chi connectivity index (χ1n) is 5.97. The Balaban J connectivity index is 1.80. The lowest BCUT2D eigenvalue weighted by molar-refractivity contribution is -0.391. The molecule has 0 amide bonds. The van der Waals surface area contributed by atoms with Crippen molar-refractivity contribution in [2.75, 3.05) is 0 Å². The summed E-state index contributed by atoms with van der Waals surface area (Å²) < 4.78 is 65.4. The van der Waals surface area contributed by atoms with E-state index in [9.17, 15) is 17.6 Å². The van der Waals surface area contributed by atoms with Crippen molar-refractivity contribution in [1.29, 1.82) is 0 Å². The fourth-order valence-corrected chi connectivity index (χ4v) is 2.02. The van der Waals surface area contributed by atoms with Gasteiger partial charge in [0.15, 0.2) is 11.5 Å². The molecule has 1 fully saturated rings. The molecular formula is C12H11F4NO3. The molecule has 0 radical (unpaired) electrons. The molecule has 1 aromatic rings. The van der Waals surface area contributed by atoms with Crippen molar-refractivity contribution in [2.45, 2.75) is 37.2 Å². The van der Waals surface area contributed by atoms with Crippen LogP contribution in [0.15, 0.2) is 18.2 Å². The summed E-state index contributed by atoms with van der Waals surface area (Å²) in [5.41, 5.74) is 5.59. The van der Waals surface area contributed by atoms with Gasteiger partial charge >= 0.3 is 12.2 Å². The molecule has 0 spiro atoms. The number of hydrogen-bond acceptors (Lipinski definition) is 4. The minimum Gasteiger partial charge on any atom is -0.490 e. The molecule has 8 heteroatoms. The highest BCUT2D eigenvalue weighted by Gasteiger charge is 2.65. The van der Waals surface area contributed by atoms with Gasteiger partial charge in [0.05, 0.1) is 0 Å². The van der Waals surface area contributed by atoms with E-state index in [1.54, 1.807) is 0 Å². The van der Waals surface area contributed by atoms with Crippen LogP contribution in [0.2, 0.25) is 0 Å². The molecule has 110 valence electrons. The monoisotopic (exact) mass is 293 g/mol. The topological polar surface area (TPSA) is 53.7 Å². The number of halogens is 4. The summed E-state index contributed by atoms with van der Waals surface area (Å²) >= 11 is 0. The minimum absolute atomic E-state index is 0.0697. The molecular weight excluding hydrogens is 282 g/mol. The van der Waals surface area contributed by atoms with Gasteiger partial charge in [-0.3, -0.25) is 0 Å². The quantitative estimate of drug-likeness (QED) is 0.851. The average molecular weight is 293 g/mol. The third-order valence-electron chi connectivity index (χ3n) is 3.16. The van der Waals surface area contributed by atoms with Crippen molar-refractivity contribution in [3.05, 3.63) is 18.2 Å². The lowest BCUT2D eigenvalue weighted by Gasteiger charge is -2.34. The number of ether oxygens (including phenoxy) is 3. The zero-order chi connectivity index (χ0) is 14.5. The van der Waals surface area contributed by atoms with Gasteiger partial charge in [0.2, 0.25) is 0 Å². The smallest absolute Gasteiger partial charge is 0.490 e. The number of rotatable bonds is 2. The van der Waals surface area contributed by atoms with Gasteiger partial charge in [0.1, 0.15) is 11.9 Å². The Labute approximate surface area is 111 Å². The van der Waals surface area contributed by atoms with Crippen LogP contribution in [0, 0.1) is 0 Å². The molecule has 0 bridgehead atoms. The Morgan fingerprint density at radius 1 is 1.05 bits per heavy atom. The van der Waals surface area contributed by atoms with Crippen LogP contribution in [-0.4, -0.2) is 24.4 Å². The zero-order valence-corrected chi connectivity index (χ0v) is 10.1. The third kappa shape index (κ3) is 2.13. The summed E-state index contributed by atoms with van der Waals surface area (Å²) in [5.74, 6) is -0.703. The molecule has 1 saturated carbocycles. The van der Waals surface area contributed by atoms with Crippen LogP contribution in [0.4, 0.5) is 17.6 Å². The summed E-state index contributed by atoms with van der Waals surface area (Å²) in [5, 5.41) is 0. The summed E-state index contributed by atoms with van der Waals surface area (Å²) in [4.78, 5) is 0. The molecule has 3 rings (SSSR count). The van der Waals surface area contributed by atoms with Crippen molar-refractivity contribution in [3.8, 4) is 17.2 Å². The highest BCUT2D eigenvalue weighted by atomic mass is 19.3. The molecule has 2 N–H and O–H groups in total. The second-order valence-corrected chi connectivity index (χ2v) is 4.82. The normalized spacial score (nSPS) is 29.4. The summed E-state index contributed by atoms with van der Waals surface area (Å²) in [6.45, 7) is 0. The molecule has 1 aromatic carbocycles. The van der Waals surface area contributed by atoms with Gasteiger partial charge in [-0.25, -0.2) is 0 Å². The van der Waals surface area contributed by atoms with Crippen LogP contribution in [0.25, 0.3) is 0 Å². The van der Waals surface area contributed by atoms with Crippen LogP contribution >= 0.6 is 0 Å². The summed E-state index contributed by atoms with van der Waals surface area (Å²) in [6.07, 6.45) is -8.22. The maximum absolute atomic E-state index is 13.0. The van der Waals surface area contributed by atoms with Crippen molar-refractivity contribution in [2.24, 2.45) is 5.73 Å². The van der Waals surface area contributed by atoms with Crippen LogP contribution < -0.4 is 19.9 Å². The Hall–Kier alpha value is -1.70. The van der Waals surface area contributed by atoms with E-state index < -0.39 is 23.7 Å². The first-order chi connectivity index (χ1) is 9.27. The number of nitrogens with two attached hydrogens (primary N) is 1. The fraction of sp³-hybridized carbons (Fsp3) is 0.500. The van der Waals surface area contributed by atoms with Gasteiger partial charge < -0.3 is 19.9 Å². The minimum atomic E-state index is -4.72. The molecule has 1 aliphatic carbocycles. The van der Waals surface area contributed by atoms with Crippen molar-refractivity contribution in [1.82, 2.24) is 0 Å². The molecule has 1 heterocycles. The Morgan fingerprint density at radius 2 is 1.65 bits per heavy atom. The first-order valence-corrected chi connectivity index (χ1v) is 5.97. The third-order valence-corrected chi connectivity index (χ3v) is 3.16. The van der Waals surface area contributed by atoms with Gasteiger partial charge in [0.25, 0.3) is 0 Å². The van der Waals surface area contributed by atoms with Gasteiger partial charge in [-0.1, -0.05) is 0 Å². The van der Waals surface area contributed by atoms with Gasteiger partial charge in [0, 0.05) is 12.1 Å². The number of hydrogen-bond donors (Lipinski definition) is 1. The van der Waals surface area contributed by atoms with Crippen LogP contribution in [0.3, 0.4) is 0 Å². The molecule has 0 aromatic heterocycles. The van der Waals surface area contributed by atoms with E-state index in [4.69, 9.17) is 10.5 Å². The summed E-state index contributed by atoms with van der Waals surface area (Å²) in [6, 6.07) is 3.63. The molecule has 0 atom stereocenters. The highest BCUT2D eigenvalue weighted by molar-refractivity contribution is 5.47. The van der Waals surface area contributed by atoms with Crippen LogP contribution in [-0.2, 0) is 0 Å². The maximum Gasteiger partial charge on any atom is 0.507 e. The van der Waals surface area contributed by atoms with E-state index in [0.717, 1.165) is 12.1 Å². The van der Waals surface area contributed by atoms with Crippen molar-refractivity contribution >= 4 is 0 Å². The van der Waals surface area contributed by atoms with E-state index in [1.807, 2.05) is 0 Å². The molecule has 4 nitrogen and oxygen atoms in total. The van der Waals surface area contributed by atoms with E-state index >= 15 is 0 Å². The second-order valence-electron chi connectivity index (χ2n) is 4.82. The number of benzene rings is 1. The van der Waals surface area contributed by atoms with Gasteiger partial charge in [-0.2, -0.15) is 17.6 Å². The van der Waals surface area contributed by atoms with Crippen LogP contribution in [0.1, 0.15) is 12.8 Å². The largest absolute Gasteiger partial charge is 0.507 e. The first kappa shape index (κ1) is 13.3. The van der Waals surface area contributed by atoms with E-state index in [-0.39, 0.29) is 17.9 Å². The van der Waals surface area contributed by atoms with Crippen molar-refractivity contribution < 1.29 is 31.8 Å². The molecule has 0 saturated heterocycles. The lowest BCUT2D eigenvalue weighted by Crippen LogP contribution is -2.52. The lowest BCUT2D eigenvalue weighted by atomic mass is 9.90. The molecule has 0 unspecified atom stereocenters. The SMILES string of the molecule is NC1CC(Oc2ccc3c(c2)OC(F)(F)C(F)(F)O3)C1. The van der Waals surface area contributed by atoms with E-state index in [0.29, 0.717) is 12.8 Å². The zero-order valence-electron chi connectivity index (χ0n) is 10.1. The van der Waals surface area contributed by atoms with Crippen LogP contribution in [0.5, 0.6) is 17.2 Å². The summed E-state index contributed by atoms with van der Waals surface area (Å²) in [7, 11) is 0. The van der Waals surface area contributed by atoms with Crippen molar-refractivity contribution in [3.63, 3.8) is 0 Å². The second kappa shape index (κ2) is 4.15. The maximum atomic E-state index is 13.0. The average Bonchev–Trinajstić information content (AvgIpc) is 2.28. The Bertz CT molecular complexity index is 531. The Kier molecular flexibility index (Phi) is 2.75. The Morgan fingerprint density at radius 3 is 2.25 bits per heavy atom. The van der Waals surface area contributed by atoms with Gasteiger partial charge in [-0.15, -0.1) is 0 Å². The standard InChI is InChI=1S/C12H11F4NO3/c13-11(14)12(15,16)20-10-5-7(1-2-9(10)19-11)18-8-3-6(17)4-8/h1-2,5-6,8H,3-4,17H2. The predicted octanol–water partition coefficient (Wildman–Crippen LogP) is 2.51. The fourth-order valence-electron chi connectivity index (χ4n) is 2.02. The van der Waals surface area contributed by atoms with Gasteiger partial charge in [-0.05, 0) is 25.0 Å². The van der Waals surface area contributed by atoms with E-state index in [1.165, 1.54) is 6.07 Å². The number of fused-ring (bicyclic) bond motifs is 1. The highest BCUT2D eigenvalue weighted by Crippen LogP contribution is 2.48. The molecule has 1 aliphatic heterocycles. The molecule has 20 heavy (non-hydrogen) atoms.